The van der Waals surface area contributed by atoms with Crippen molar-refractivity contribution in [3.63, 3.8) is 0 Å². The van der Waals surface area contributed by atoms with Gasteiger partial charge >= 0.3 is 0 Å². The van der Waals surface area contributed by atoms with E-state index in [1.807, 2.05) is 32.0 Å². The van der Waals surface area contributed by atoms with Crippen LogP contribution in [0.25, 0.3) is 22.8 Å². The highest BCUT2D eigenvalue weighted by Crippen LogP contribution is 2.33. The second-order valence-corrected chi connectivity index (χ2v) is 7.34. The van der Waals surface area contributed by atoms with Gasteiger partial charge in [0.2, 0.25) is 5.82 Å². The van der Waals surface area contributed by atoms with E-state index in [0.29, 0.717) is 18.1 Å². The summed E-state index contributed by atoms with van der Waals surface area (Å²) in [4.78, 5) is 9.11. The van der Waals surface area contributed by atoms with Gasteiger partial charge in [0.1, 0.15) is 11.6 Å². The molecule has 0 fully saturated rings. The molecule has 0 radical (unpaired) electrons. The molecule has 166 valence electrons. The van der Waals surface area contributed by atoms with Gasteiger partial charge < -0.3 is 25.0 Å². The Morgan fingerprint density at radius 3 is 2.45 bits per heavy atom. The lowest BCUT2D eigenvalue weighted by Crippen LogP contribution is -2.07. The number of anilines is 2. The first-order chi connectivity index (χ1) is 15.0. The first-order valence-corrected chi connectivity index (χ1v) is 10.7. The molecule has 0 amide bonds. The quantitative estimate of drug-likeness (QED) is 0.445. The maximum absolute atomic E-state index is 9.91. The van der Waals surface area contributed by atoms with E-state index >= 15 is 0 Å². The lowest BCUT2D eigenvalue weighted by molar-refractivity contribution is 0.194. The second-order valence-electron chi connectivity index (χ2n) is 7.34. The summed E-state index contributed by atoms with van der Waals surface area (Å²) in [5, 5.41) is 20.7. The van der Waals surface area contributed by atoms with Crippen molar-refractivity contribution in [3.05, 3.63) is 35.5 Å². The summed E-state index contributed by atoms with van der Waals surface area (Å²) in [5.41, 5.74) is 4.41. The molecule has 1 unspecified atom stereocenters. The topological polar surface area (TPSA) is 105 Å². The highest BCUT2D eigenvalue weighted by Gasteiger charge is 2.18. The third kappa shape index (κ3) is 5.14. The van der Waals surface area contributed by atoms with Crippen LogP contribution in [-0.4, -0.2) is 46.5 Å². The minimum atomic E-state index is -0.486. The summed E-state index contributed by atoms with van der Waals surface area (Å²) in [7, 11) is 1.65. The molecule has 1 aromatic carbocycles. The summed E-state index contributed by atoms with van der Waals surface area (Å²) in [5.74, 6) is 2.48. The fourth-order valence-corrected chi connectivity index (χ4v) is 3.55. The number of aliphatic hydroxyl groups excluding tert-OH is 1. The predicted octanol–water partition coefficient (Wildman–Crippen LogP) is 4.16. The average molecular weight is 426 g/mol. The molecule has 2 aromatic heterocycles. The minimum Gasteiger partial charge on any atom is -0.496 e. The Labute approximate surface area is 183 Å². The van der Waals surface area contributed by atoms with E-state index in [0.717, 1.165) is 59.0 Å². The van der Waals surface area contributed by atoms with Crippen LogP contribution in [0.15, 0.2) is 28.9 Å². The fourth-order valence-electron chi connectivity index (χ4n) is 3.55. The average Bonchev–Trinajstić information content (AvgIpc) is 3.24. The number of methoxy groups -OCH3 is 1. The van der Waals surface area contributed by atoms with Gasteiger partial charge in [-0.3, -0.25) is 0 Å². The van der Waals surface area contributed by atoms with Crippen LogP contribution < -0.4 is 15.4 Å². The molecule has 3 aromatic rings. The molecule has 0 aliphatic rings. The van der Waals surface area contributed by atoms with E-state index in [1.165, 1.54) is 0 Å². The van der Waals surface area contributed by atoms with Crippen molar-refractivity contribution in [3.8, 4) is 28.6 Å². The van der Waals surface area contributed by atoms with Gasteiger partial charge in [0.05, 0.1) is 24.5 Å². The van der Waals surface area contributed by atoms with Gasteiger partial charge in [-0.05, 0) is 56.5 Å². The minimum absolute atomic E-state index is 0.399. The molecule has 0 spiro atoms. The van der Waals surface area contributed by atoms with E-state index in [9.17, 15) is 5.11 Å². The molecule has 3 rings (SSSR count). The zero-order valence-electron chi connectivity index (χ0n) is 18.8. The highest BCUT2D eigenvalue weighted by molar-refractivity contribution is 5.72. The number of rotatable bonds is 10. The van der Waals surface area contributed by atoms with Gasteiger partial charge in [-0.1, -0.05) is 12.1 Å². The number of aromatic nitrogens is 3. The summed E-state index contributed by atoms with van der Waals surface area (Å²) < 4.78 is 11.2. The van der Waals surface area contributed by atoms with E-state index in [4.69, 9.17) is 9.26 Å². The predicted molar refractivity (Wildman–Crippen MR) is 123 cm³/mol. The van der Waals surface area contributed by atoms with Gasteiger partial charge in [-0.2, -0.15) is 4.98 Å². The number of nitrogens with zero attached hydrogens (tertiary/aromatic N) is 3. The number of ether oxygens (including phenoxy) is 1. The number of hydrogen-bond donors (Lipinski definition) is 3. The number of hydrogen-bond acceptors (Lipinski definition) is 8. The molecule has 0 aliphatic heterocycles. The number of aliphatic hydroxyl groups is 1. The number of nitrogens with one attached hydrogen (secondary N) is 2. The van der Waals surface area contributed by atoms with Crippen molar-refractivity contribution in [2.75, 3.05) is 30.8 Å². The van der Waals surface area contributed by atoms with Crippen LogP contribution in [0.2, 0.25) is 0 Å². The van der Waals surface area contributed by atoms with Crippen molar-refractivity contribution < 1.29 is 14.4 Å². The Morgan fingerprint density at radius 1 is 1.06 bits per heavy atom. The van der Waals surface area contributed by atoms with Crippen LogP contribution in [0.5, 0.6) is 5.75 Å². The monoisotopic (exact) mass is 425 g/mol. The van der Waals surface area contributed by atoms with Crippen molar-refractivity contribution in [2.45, 2.75) is 46.6 Å². The lowest BCUT2D eigenvalue weighted by Gasteiger charge is -2.15. The SMILES string of the molecule is CCNc1cc(-c2nc(-c3cc(CC)c(OC)c(CC(C)O)c3)no2)cnc1NCC. The van der Waals surface area contributed by atoms with E-state index < -0.39 is 6.10 Å². The smallest absolute Gasteiger partial charge is 0.259 e. The molecule has 0 saturated heterocycles. The van der Waals surface area contributed by atoms with Crippen molar-refractivity contribution in [2.24, 2.45) is 0 Å². The first kappa shape index (κ1) is 22.6. The number of pyridine rings is 1. The van der Waals surface area contributed by atoms with Gasteiger partial charge in [-0.25, -0.2) is 4.98 Å². The summed E-state index contributed by atoms with van der Waals surface area (Å²) in [6, 6.07) is 5.92. The maximum Gasteiger partial charge on any atom is 0.259 e. The Morgan fingerprint density at radius 2 is 1.81 bits per heavy atom. The Bertz CT molecular complexity index is 1020. The fraction of sp³-hybridized carbons (Fsp3) is 0.435. The molecule has 0 saturated carbocycles. The zero-order valence-corrected chi connectivity index (χ0v) is 18.8. The molecule has 0 aliphatic carbocycles. The molecule has 2 heterocycles. The first-order valence-electron chi connectivity index (χ1n) is 10.7. The van der Waals surface area contributed by atoms with Crippen LogP contribution >= 0.6 is 0 Å². The molecule has 31 heavy (non-hydrogen) atoms. The highest BCUT2D eigenvalue weighted by atomic mass is 16.5. The van der Waals surface area contributed by atoms with Crippen LogP contribution in [0.1, 0.15) is 38.8 Å². The number of aryl methyl sites for hydroxylation is 1. The van der Waals surface area contributed by atoms with Crippen LogP contribution in [0.3, 0.4) is 0 Å². The molecule has 0 bridgehead atoms. The summed E-state index contributed by atoms with van der Waals surface area (Å²) in [6.45, 7) is 9.44. The van der Waals surface area contributed by atoms with E-state index in [2.05, 4.69) is 32.7 Å². The summed E-state index contributed by atoms with van der Waals surface area (Å²) in [6.07, 6.45) is 2.51. The van der Waals surface area contributed by atoms with Crippen LogP contribution in [0, 0.1) is 0 Å². The normalized spacial score (nSPS) is 11.9. The molecule has 1 atom stereocenters. The lowest BCUT2D eigenvalue weighted by atomic mass is 9.98. The molecular formula is C23H31N5O3. The van der Waals surface area contributed by atoms with Gasteiger partial charge in [-0.15, -0.1) is 0 Å². The van der Waals surface area contributed by atoms with Crippen molar-refractivity contribution in [1.29, 1.82) is 0 Å². The zero-order chi connectivity index (χ0) is 22.4. The summed E-state index contributed by atoms with van der Waals surface area (Å²) >= 11 is 0. The largest absolute Gasteiger partial charge is 0.496 e. The van der Waals surface area contributed by atoms with Crippen LogP contribution in [0.4, 0.5) is 11.5 Å². The van der Waals surface area contributed by atoms with Gasteiger partial charge in [0.25, 0.3) is 5.89 Å². The molecule has 3 N–H and O–H groups in total. The number of benzene rings is 1. The third-order valence-corrected chi connectivity index (χ3v) is 4.87. The second kappa shape index (κ2) is 10.3. The molecular weight excluding hydrogens is 394 g/mol. The van der Waals surface area contributed by atoms with E-state index in [1.54, 1.807) is 20.2 Å². The maximum atomic E-state index is 9.91. The van der Waals surface area contributed by atoms with Crippen molar-refractivity contribution >= 4 is 11.5 Å². The van der Waals surface area contributed by atoms with E-state index in [-0.39, 0.29) is 0 Å². The Hall–Kier alpha value is -3.13. The third-order valence-electron chi connectivity index (χ3n) is 4.87. The van der Waals surface area contributed by atoms with Crippen molar-refractivity contribution in [1.82, 2.24) is 15.1 Å². The van der Waals surface area contributed by atoms with Crippen LogP contribution in [-0.2, 0) is 12.8 Å². The molecule has 8 nitrogen and oxygen atoms in total. The molecule has 8 heteroatoms. The van der Waals surface area contributed by atoms with Gasteiger partial charge in [0.15, 0.2) is 0 Å². The Balaban J connectivity index is 1.99. The Kier molecular flexibility index (Phi) is 7.46. The van der Waals surface area contributed by atoms with Gasteiger partial charge in [0, 0.05) is 31.3 Å². The standard InChI is InChI=1S/C23H31N5O3/c1-6-15-10-17(11-16(9-14(4)29)20(15)30-5)21-27-23(31-28-21)18-12-19(24-7-2)22(25-8-3)26-13-18/h10-14,24,29H,6-9H2,1-5H3,(H,25,26).